The number of rotatable bonds is 5. The number of nitrogens with zero attached hydrogens (tertiary/aromatic N) is 2. The fourth-order valence-electron chi connectivity index (χ4n) is 2.74. The monoisotopic (exact) mass is 526 g/mol. The first-order valence-corrected chi connectivity index (χ1v) is 10.7. The summed E-state index contributed by atoms with van der Waals surface area (Å²) in [6, 6.07) is 12.3. The van der Waals surface area contributed by atoms with Crippen molar-refractivity contribution in [3.63, 3.8) is 0 Å². The molecule has 0 saturated carbocycles. The number of H-pyrrole nitrogens is 1. The Balaban J connectivity index is 0.000000429. The van der Waals surface area contributed by atoms with E-state index in [4.69, 9.17) is 26.6 Å². The third-order valence-electron chi connectivity index (χ3n) is 4.28. The van der Waals surface area contributed by atoms with Crippen LogP contribution < -0.4 is 5.32 Å². The molecule has 0 aliphatic rings. The molecule has 0 spiro atoms. The van der Waals surface area contributed by atoms with Crippen LogP contribution in [0.1, 0.15) is 16.2 Å². The first kappa shape index (κ1) is 25.6. The lowest BCUT2D eigenvalue weighted by atomic mass is 10.2. The van der Waals surface area contributed by atoms with E-state index in [9.17, 15) is 22.8 Å². The molecule has 0 atom stereocenters. The van der Waals surface area contributed by atoms with E-state index in [1.165, 1.54) is 11.3 Å². The zero-order valence-corrected chi connectivity index (χ0v) is 18.8. The molecule has 35 heavy (non-hydrogen) atoms. The number of carbonyl (C=O) groups excluding carboxylic acids is 1. The Morgan fingerprint density at radius 1 is 1.09 bits per heavy atom. The van der Waals surface area contributed by atoms with Gasteiger partial charge in [0, 0.05) is 27.0 Å². The number of amides is 1. The number of carboxylic acids is 2. The Morgan fingerprint density at radius 3 is 2.34 bits per heavy atom. The van der Waals surface area contributed by atoms with Crippen molar-refractivity contribution in [3.05, 3.63) is 64.3 Å². The standard InChI is InChI=1S/C19H13ClN4O3S.C2HF3O2/c20-11-3-1-10(2-4-11)18-22-13(9-28-18)8-16(25)21-12-5-6-15-14(7-12)17(19(26)27)24-23-15;3-2(4,5)1(6)7/h1-7,9H,8H2,(H,21,25)(H,23,24)(H,26,27);(H,6,7). The first-order valence-electron chi connectivity index (χ1n) is 9.45. The number of nitrogens with one attached hydrogen (secondary N) is 2. The number of alkyl halides is 3. The van der Waals surface area contributed by atoms with E-state index in [0.29, 0.717) is 27.3 Å². The minimum atomic E-state index is -5.08. The highest BCUT2D eigenvalue weighted by atomic mass is 35.5. The summed E-state index contributed by atoms with van der Waals surface area (Å²) in [6.45, 7) is 0. The number of aromatic carboxylic acids is 1. The number of carboxylic acid groups (broad SMARTS) is 2. The molecule has 4 N–H and O–H groups in total. The molecule has 0 unspecified atom stereocenters. The smallest absolute Gasteiger partial charge is 0.476 e. The Kier molecular flexibility index (Phi) is 7.71. The van der Waals surface area contributed by atoms with Gasteiger partial charge in [0.15, 0.2) is 5.69 Å². The van der Waals surface area contributed by atoms with Gasteiger partial charge < -0.3 is 15.5 Å². The van der Waals surface area contributed by atoms with Gasteiger partial charge in [-0.3, -0.25) is 9.89 Å². The summed E-state index contributed by atoms with van der Waals surface area (Å²) >= 11 is 7.35. The lowest BCUT2D eigenvalue weighted by Crippen LogP contribution is -2.21. The lowest BCUT2D eigenvalue weighted by molar-refractivity contribution is -0.192. The van der Waals surface area contributed by atoms with E-state index in [1.54, 1.807) is 30.3 Å². The van der Waals surface area contributed by atoms with Crippen LogP contribution in [0.4, 0.5) is 18.9 Å². The molecular weight excluding hydrogens is 513 g/mol. The zero-order valence-electron chi connectivity index (χ0n) is 17.3. The van der Waals surface area contributed by atoms with Crippen LogP contribution in [0, 0.1) is 0 Å². The number of aromatic amines is 1. The van der Waals surface area contributed by atoms with Crippen molar-refractivity contribution >= 4 is 57.4 Å². The third kappa shape index (κ3) is 6.77. The quantitative estimate of drug-likeness (QED) is 0.291. The largest absolute Gasteiger partial charge is 0.490 e. The van der Waals surface area contributed by atoms with E-state index >= 15 is 0 Å². The number of halogens is 4. The van der Waals surface area contributed by atoms with Gasteiger partial charge in [0.25, 0.3) is 0 Å². The lowest BCUT2D eigenvalue weighted by Gasteiger charge is -2.04. The van der Waals surface area contributed by atoms with Gasteiger partial charge in [-0.05, 0) is 30.3 Å². The van der Waals surface area contributed by atoms with E-state index in [-0.39, 0.29) is 18.0 Å². The van der Waals surface area contributed by atoms with Crippen LogP contribution in [0.3, 0.4) is 0 Å². The summed E-state index contributed by atoms with van der Waals surface area (Å²) in [7, 11) is 0. The highest BCUT2D eigenvalue weighted by Crippen LogP contribution is 2.26. The fourth-order valence-corrected chi connectivity index (χ4v) is 3.69. The van der Waals surface area contributed by atoms with Gasteiger partial charge in [-0.15, -0.1) is 11.3 Å². The van der Waals surface area contributed by atoms with E-state index in [0.717, 1.165) is 10.6 Å². The van der Waals surface area contributed by atoms with Crippen molar-refractivity contribution in [2.24, 2.45) is 0 Å². The number of hydrogen-bond donors (Lipinski definition) is 4. The third-order valence-corrected chi connectivity index (χ3v) is 5.47. The summed E-state index contributed by atoms with van der Waals surface area (Å²) in [5.74, 6) is -4.13. The molecule has 2 heterocycles. The molecule has 4 aromatic rings. The summed E-state index contributed by atoms with van der Waals surface area (Å²) in [6.07, 6.45) is -4.97. The van der Waals surface area contributed by atoms with Crippen molar-refractivity contribution in [1.29, 1.82) is 0 Å². The number of benzene rings is 2. The Bertz CT molecular complexity index is 1390. The molecule has 0 aliphatic carbocycles. The van der Waals surface area contributed by atoms with Gasteiger partial charge in [-0.2, -0.15) is 18.3 Å². The van der Waals surface area contributed by atoms with E-state index in [1.807, 2.05) is 17.5 Å². The number of anilines is 1. The summed E-state index contributed by atoms with van der Waals surface area (Å²) < 4.78 is 31.7. The van der Waals surface area contributed by atoms with Crippen molar-refractivity contribution in [3.8, 4) is 10.6 Å². The summed E-state index contributed by atoms with van der Waals surface area (Å²) in [5, 5.41) is 29.2. The van der Waals surface area contributed by atoms with Gasteiger partial charge in [0.2, 0.25) is 5.91 Å². The fraction of sp³-hybridized carbons (Fsp3) is 0.0952. The SMILES string of the molecule is O=C(Cc1csc(-c2ccc(Cl)cc2)n1)Nc1ccc2[nH]nc(C(=O)O)c2c1.O=C(O)C(F)(F)F. The average molecular weight is 527 g/mol. The maximum Gasteiger partial charge on any atom is 0.490 e. The minimum absolute atomic E-state index is 0.0850. The molecule has 2 aromatic carbocycles. The number of aliphatic carboxylic acids is 1. The van der Waals surface area contributed by atoms with Gasteiger partial charge in [0.1, 0.15) is 5.01 Å². The Labute approximate surface area is 203 Å². The maximum atomic E-state index is 12.4. The zero-order chi connectivity index (χ0) is 25.8. The van der Waals surface area contributed by atoms with Gasteiger partial charge in [0.05, 0.1) is 17.6 Å². The molecule has 0 saturated heterocycles. The van der Waals surface area contributed by atoms with Crippen LogP contribution in [-0.4, -0.2) is 49.4 Å². The van der Waals surface area contributed by atoms with Gasteiger partial charge >= 0.3 is 18.1 Å². The Hall–Kier alpha value is -3.97. The van der Waals surface area contributed by atoms with Crippen molar-refractivity contribution < 1.29 is 37.8 Å². The molecule has 2 aromatic heterocycles. The predicted octanol–water partition coefficient (Wildman–Crippen LogP) is 4.85. The maximum absolute atomic E-state index is 12.4. The van der Waals surface area contributed by atoms with Crippen LogP contribution >= 0.6 is 22.9 Å². The molecule has 0 radical (unpaired) electrons. The first-order chi connectivity index (χ1) is 16.4. The predicted molar refractivity (Wildman–Crippen MR) is 122 cm³/mol. The Morgan fingerprint density at radius 2 is 1.74 bits per heavy atom. The summed E-state index contributed by atoms with van der Waals surface area (Å²) in [5.41, 5.74) is 2.59. The molecule has 1 amide bonds. The van der Waals surface area contributed by atoms with Crippen molar-refractivity contribution in [1.82, 2.24) is 15.2 Å². The summed E-state index contributed by atoms with van der Waals surface area (Å²) in [4.78, 5) is 37.0. The second kappa shape index (κ2) is 10.5. The topological polar surface area (TPSA) is 145 Å². The second-order valence-electron chi connectivity index (χ2n) is 6.82. The number of aromatic nitrogens is 3. The minimum Gasteiger partial charge on any atom is -0.476 e. The van der Waals surface area contributed by atoms with Gasteiger partial charge in [-0.1, -0.05) is 23.7 Å². The van der Waals surface area contributed by atoms with Crippen LogP contribution in [0.25, 0.3) is 21.5 Å². The molecular formula is C21H14ClF3N4O5S. The highest BCUT2D eigenvalue weighted by molar-refractivity contribution is 7.13. The molecule has 9 nitrogen and oxygen atoms in total. The van der Waals surface area contributed by atoms with Crippen LogP contribution in [-0.2, 0) is 16.0 Å². The van der Waals surface area contributed by atoms with Crippen LogP contribution in [0.2, 0.25) is 5.02 Å². The molecule has 0 fully saturated rings. The number of fused-ring (bicyclic) bond motifs is 1. The van der Waals surface area contributed by atoms with Crippen LogP contribution in [0.15, 0.2) is 47.8 Å². The van der Waals surface area contributed by atoms with Crippen LogP contribution in [0.5, 0.6) is 0 Å². The van der Waals surface area contributed by atoms with Crippen molar-refractivity contribution in [2.75, 3.05) is 5.32 Å². The normalized spacial score (nSPS) is 11.0. The number of carbonyl (C=O) groups is 3. The van der Waals surface area contributed by atoms with E-state index in [2.05, 4.69) is 20.5 Å². The molecule has 14 heteroatoms. The highest BCUT2D eigenvalue weighted by Gasteiger charge is 2.38. The average Bonchev–Trinajstić information content (AvgIpc) is 3.41. The number of thiazole rings is 1. The molecule has 0 bridgehead atoms. The second-order valence-corrected chi connectivity index (χ2v) is 8.11. The molecule has 182 valence electrons. The number of hydrogen-bond acceptors (Lipinski definition) is 6. The molecule has 0 aliphatic heterocycles. The van der Waals surface area contributed by atoms with Crippen molar-refractivity contribution in [2.45, 2.75) is 12.6 Å². The van der Waals surface area contributed by atoms with E-state index < -0.39 is 18.1 Å². The molecule has 4 rings (SSSR count). The van der Waals surface area contributed by atoms with Gasteiger partial charge in [-0.25, -0.2) is 14.6 Å².